The summed E-state index contributed by atoms with van der Waals surface area (Å²) in [5, 5.41) is 9.02. The normalized spacial score (nSPS) is 19.5. The third kappa shape index (κ3) is 4.87. The van der Waals surface area contributed by atoms with Crippen LogP contribution in [0.15, 0.2) is 53.4 Å². The molecule has 1 atom stereocenters. The van der Waals surface area contributed by atoms with Crippen molar-refractivity contribution < 1.29 is 19.4 Å². The molecule has 0 aromatic heterocycles. The fourth-order valence-corrected chi connectivity index (χ4v) is 5.16. The van der Waals surface area contributed by atoms with Crippen LogP contribution in [-0.2, 0) is 20.7 Å². The maximum atomic E-state index is 12.6. The molecule has 2 aromatic carbocycles. The van der Waals surface area contributed by atoms with E-state index in [1.54, 1.807) is 6.08 Å². The fraction of sp³-hybridized carbons (Fsp3) is 0.292. The average Bonchev–Trinajstić information content (AvgIpc) is 3.04. The van der Waals surface area contributed by atoms with Crippen molar-refractivity contribution in [3.8, 4) is 0 Å². The lowest BCUT2D eigenvalue weighted by molar-refractivity contribution is -0.140. The Morgan fingerprint density at radius 2 is 2.06 bits per heavy atom. The second-order valence-electron chi connectivity index (χ2n) is 7.69. The van der Waals surface area contributed by atoms with Crippen LogP contribution in [0.25, 0.3) is 6.08 Å². The number of thioether (sulfide) groups is 1. The molecule has 0 bridgehead atoms. The van der Waals surface area contributed by atoms with E-state index < -0.39 is 12.5 Å². The van der Waals surface area contributed by atoms with E-state index in [2.05, 4.69) is 36.1 Å². The molecule has 2 heterocycles. The van der Waals surface area contributed by atoms with Gasteiger partial charge in [0.2, 0.25) is 0 Å². The van der Waals surface area contributed by atoms with Crippen LogP contribution in [-0.4, -0.2) is 52.0 Å². The van der Waals surface area contributed by atoms with Crippen molar-refractivity contribution in [2.45, 2.75) is 25.9 Å². The van der Waals surface area contributed by atoms with Crippen molar-refractivity contribution in [1.29, 1.82) is 0 Å². The molecule has 166 valence electrons. The van der Waals surface area contributed by atoms with Crippen molar-refractivity contribution in [3.63, 3.8) is 0 Å². The van der Waals surface area contributed by atoms with Gasteiger partial charge in [0.15, 0.2) is 0 Å². The summed E-state index contributed by atoms with van der Waals surface area (Å²) in [6, 6.07) is 16.4. The highest BCUT2D eigenvalue weighted by molar-refractivity contribution is 8.26. The zero-order valence-electron chi connectivity index (χ0n) is 17.7. The summed E-state index contributed by atoms with van der Waals surface area (Å²) in [6.45, 7) is 3.18. The van der Waals surface area contributed by atoms with Gasteiger partial charge in [-0.1, -0.05) is 55.2 Å². The lowest BCUT2D eigenvalue weighted by atomic mass is 9.96. The quantitative estimate of drug-likeness (QED) is 0.475. The number of fused-ring (bicyclic) bond motifs is 1. The maximum Gasteiger partial charge on any atom is 0.323 e. The minimum Gasteiger partial charge on any atom is -0.480 e. The summed E-state index contributed by atoms with van der Waals surface area (Å²) < 4.78 is 6.37. The summed E-state index contributed by atoms with van der Waals surface area (Å²) in [6.07, 6.45) is 3.62. The van der Waals surface area contributed by atoms with Crippen LogP contribution in [0.2, 0.25) is 0 Å². The number of thiocarbonyl (C=S) groups is 1. The Morgan fingerprint density at radius 1 is 1.28 bits per heavy atom. The van der Waals surface area contributed by atoms with E-state index in [9.17, 15) is 9.59 Å². The van der Waals surface area contributed by atoms with Crippen molar-refractivity contribution in [2.24, 2.45) is 0 Å². The molecule has 8 heteroatoms. The number of anilines is 2. The molecule has 1 amide bonds. The van der Waals surface area contributed by atoms with Crippen molar-refractivity contribution >= 4 is 57.6 Å². The second-order valence-corrected chi connectivity index (χ2v) is 9.37. The van der Waals surface area contributed by atoms with Gasteiger partial charge in [-0.2, -0.15) is 0 Å². The van der Waals surface area contributed by atoms with E-state index >= 15 is 0 Å². The van der Waals surface area contributed by atoms with Crippen molar-refractivity contribution in [1.82, 2.24) is 4.90 Å². The summed E-state index contributed by atoms with van der Waals surface area (Å²) in [4.78, 5) is 27.5. The molecule has 4 rings (SSSR count). The molecular weight excluding hydrogens is 444 g/mol. The van der Waals surface area contributed by atoms with Gasteiger partial charge in [0.05, 0.1) is 11.0 Å². The van der Waals surface area contributed by atoms with Gasteiger partial charge in [0.1, 0.15) is 10.9 Å². The minimum atomic E-state index is -1.09. The van der Waals surface area contributed by atoms with Crippen molar-refractivity contribution in [3.05, 3.63) is 64.6 Å². The Balaban J connectivity index is 1.64. The topological polar surface area (TPSA) is 70.1 Å². The van der Waals surface area contributed by atoms with Crippen LogP contribution in [0.4, 0.5) is 11.4 Å². The summed E-state index contributed by atoms with van der Waals surface area (Å²) >= 11 is 6.33. The fourth-order valence-electron chi connectivity index (χ4n) is 3.91. The standard InChI is InChI=1S/C24H24N2O4S2/c1-2-10-30-19-13-17-11-16(12-21-23(29)26(15-22(27)28)24(31)32-21)8-9-20(17)25(14-19)18-6-4-3-5-7-18/h3-9,11-12,19H,2,10,13-15H2,1H3,(H,27,28)/b21-12-. The Kier molecular flexibility index (Phi) is 6.93. The van der Waals surface area contributed by atoms with E-state index in [1.807, 2.05) is 24.3 Å². The number of carboxylic acids is 1. The molecule has 1 saturated heterocycles. The number of aliphatic carboxylic acids is 1. The largest absolute Gasteiger partial charge is 0.480 e. The van der Waals surface area contributed by atoms with Crippen LogP contribution < -0.4 is 4.90 Å². The first-order chi connectivity index (χ1) is 15.5. The lowest BCUT2D eigenvalue weighted by Crippen LogP contribution is -2.37. The first-order valence-corrected chi connectivity index (χ1v) is 11.7. The van der Waals surface area contributed by atoms with Gasteiger partial charge in [0, 0.05) is 30.9 Å². The van der Waals surface area contributed by atoms with Crippen molar-refractivity contribution in [2.75, 3.05) is 24.6 Å². The number of carboxylic acid groups (broad SMARTS) is 1. The molecule has 1 N–H and O–H groups in total. The lowest BCUT2D eigenvalue weighted by Gasteiger charge is -2.36. The van der Waals surface area contributed by atoms with Gasteiger partial charge in [-0.3, -0.25) is 14.5 Å². The van der Waals surface area contributed by atoms with E-state index in [0.29, 0.717) is 11.5 Å². The van der Waals surface area contributed by atoms with Gasteiger partial charge in [-0.05, 0) is 47.9 Å². The van der Waals surface area contributed by atoms with Crippen LogP contribution in [0, 0.1) is 0 Å². The number of para-hydroxylation sites is 1. The SMILES string of the molecule is CCCOC1Cc2cc(/C=C3\SC(=S)N(CC(=O)O)C3=O)ccc2N(c2ccccc2)C1. The zero-order valence-corrected chi connectivity index (χ0v) is 19.3. The average molecular weight is 469 g/mol. The Hall–Kier alpha value is -2.68. The molecule has 1 fully saturated rings. The number of carbonyl (C=O) groups excluding carboxylic acids is 1. The molecule has 0 aliphatic carbocycles. The smallest absolute Gasteiger partial charge is 0.323 e. The molecule has 2 aromatic rings. The van der Waals surface area contributed by atoms with E-state index in [-0.39, 0.29) is 16.3 Å². The van der Waals surface area contributed by atoms with E-state index in [0.717, 1.165) is 58.5 Å². The van der Waals surface area contributed by atoms with Gasteiger partial charge < -0.3 is 14.7 Å². The van der Waals surface area contributed by atoms with E-state index in [4.69, 9.17) is 22.1 Å². The minimum absolute atomic E-state index is 0.0756. The molecule has 6 nitrogen and oxygen atoms in total. The number of carbonyl (C=O) groups is 2. The number of nitrogens with zero attached hydrogens (tertiary/aromatic N) is 2. The van der Waals surface area contributed by atoms with Crippen LogP contribution in [0.1, 0.15) is 24.5 Å². The highest BCUT2D eigenvalue weighted by Crippen LogP contribution is 2.37. The zero-order chi connectivity index (χ0) is 22.7. The Labute approximate surface area is 196 Å². The Morgan fingerprint density at radius 3 is 2.78 bits per heavy atom. The molecule has 32 heavy (non-hydrogen) atoms. The molecular formula is C24H24N2O4S2. The molecule has 2 aliphatic heterocycles. The predicted molar refractivity (Wildman–Crippen MR) is 131 cm³/mol. The molecule has 2 aliphatic rings. The third-order valence-electron chi connectivity index (χ3n) is 5.32. The summed E-state index contributed by atoms with van der Waals surface area (Å²) in [5.41, 5.74) is 4.27. The monoisotopic (exact) mass is 468 g/mol. The number of rotatable bonds is 7. The predicted octanol–water partition coefficient (Wildman–Crippen LogP) is 4.46. The number of hydrogen-bond donors (Lipinski definition) is 1. The molecule has 0 radical (unpaired) electrons. The van der Waals surface area contributed by atoms with Gasteiger partial charge in [-0.25, -0.2) is 0 Å². The summed E-state index contributed by atoms with van der Waals surface area (Å²) in [7, 11) is 0. The third-order valence-corrected chi connectivity index (χ3v) is 6.70. The second kappa shape index (κ2) is 9.85. The maximum absolute atomic E-state index is 12.6. The van der Waals surface area contributed by atoms with Crippen LogP contribution in [0.3, 0.4) is 0 Å². The highest BCUT2D eigenvalue weighted by atomic mass is 32.2. The van der Waals surface area contributed by atoms with Crippen LogP contribution >= 0.6 is 24.0 Å². The van der Waals surface area contributed by atoms with Gasteiger partial charge in [0.25, 0.3) is 5.91 Å². The number of hydrogen-bond acceptors (Lipinski definition) is 6. The molecule has 0 spiro atoms. The Bertz CT molecular complexity index is 1070. The number of amides is 1. The highest BCUT2D eigenvalue weighted by Gasteiger charge is 2.33. The molecule has 1 unspecified atom stereocenters. The molecule has 0 saturated carbocycles. The van der Waals surface area contributed by atoms with Gasteiger partial charge in [-0.15, -0.1) is 0 Å². The number of benzene rings is 2. The summed E-state index contributed by atoms with van der Waals surface area (Å²) in [5.74, 6) is -1.45. The number of ether oxygens (including phenoxy) is 1. The van der Waals surface area contributed by atoms with Crippen LogP contribution in [0.5, 0.6) is 0 Å². The van der Waals surface area contributed by atoms with E-state index in [1.165, 1.54) is 0 Å². The first-order valence-electron chi connectivity index (χ1n) is 10.5. The first kappa shape index (κ1) is 22.5. The van der Waals surface area contributed by atoms with Gasteiger partial charge >= 0.3 is 5.97 Å².